The number of thiophene rings is 1. The predicted molar refractivity (Wildman–Crippen MR) is 79.2 cm³/mol. The largest absolute Gasteiger partial charge is 0.459 e. The van der Waals surface area contributed by atoms with E-state index in [9.17, 15) is 9.59 Å². The summed E-state index contributed by atoms with van der Waals surface area (Å²) in [6.45, 7) is 2.26. The summed E-state index contributed by atoms with van der Waals surface area (Å²) in [7, 11) is 0. The summed E-state index contributed by atoms with van der Waals surface area (Å²) in [5.74, 6) is 0.376. The Labute approximate surface area is 126 Å². The fourth-order valence-corrected chi connectivity index (χ4v) is 3.08. The van der Waals surface area contributed by atoms with Crippen LogP contribution in [0.5, 0.6) is 0 Å². The number of carbonyl (C=O) groups is 2. The number of hydrogen-bond acceptors (Lipinski definition) is 4. The summed E-state index contributed by atoms with van der Waals surface area (Å²) in [5.41, 5.74) is 0. The number of piperazine rings is 1. The van der Waals surface area contributed by atoms with Crippen molar-refractivity contribution in [3.8, 4) is 0 Å². The van der Waals surface area contributed by atoms with Crippen LogP contribution in [0.2, 0.25) is 0 Å². The normalized spacial score (nSPS) is 15.2. The van der Waals surface area contributed by atoms with Crippen molar-refractivity contribution in [3.63, 3.8) is 0 Å². The van der Waals surface area contributed by atoms with Crippen molar-refractivity contribution >= 4 is 23.2 Å². The number of rotatable bonds is 3. The maximum absolute atomic E-state index is 12.2. The highest BCUT2D eigenvalue weighted by molar-refractivity contribution is 7.10. The molecule has 1 fully saturated rings. The van der Waals surface area contributed by atoms with E-state index in [1.165, 1.54) is 6.26 Å². The van der Waals surface area contributed by atoms with E-state index < -0.39 is 0 Å². The Hall–Kier alpha value is -2.08. The van der Waals surface area contributed by atoms with Gasteiger partial charge in [0.15, 0.2) is 5.76 Å². The molecule has 0 bridgehead atoms. The number of furan rings is 1. The number of amides is 2. The van der Waals surface area contributed by atoms with Gasteiger partial charge in [-0.3, -0.25) is 9.59 Å². The summed E-state index contributed by atoms with van der Waals surface area (Å²) in [6.07, 6.45) is 1.94. The highest BCUT2D eigenvalue weighted by Gasteiger charge is 2.25. The minimum absolute atomic E-state index is 0.106. The van der Waals surface area contributed by atoms with E-state index in [4.69, 9.17) is 4.42 Å². The molecule has 0 radical (unpaired) electrons. The van der Waals surface area contributed by atoms with Crippen molar-refractivity contribution in [2.45, 2.75) is 6.42 Å². The van der Waals surface area contributed by atoms with Gasteiger partial charge in [0, 0.05) is 31.1 Å². The molecule has 1 saturated heterocycles. The van der Waals surface area contributed by atoms with Crippen LogP contribution in [0.15, 0.2) is 40.3 Å². The molecule has 0 spiro atoms. The van der Waals surface area contributed by atoms with Crippen LogP contribution in [-0.4, -0.2) is 47.8 Å². The lowest BCUT2D eigenvalue weighted by molar-refractivity contribution is -0.131. The number of nitrogens with zero attached hydrogens (tertiary/aromatic N) is 2. The van der Waals surface area contributed by atoms with Crippen LogP contribution in [0.25, 0.3) is 0 Å². The van der Waals surface area contributed by atoms with Crippen molar-refractivity contribution in [1.29, 1.82) is 0 Å². The second kappa shape index (κ2) is 6.13. The number of carbonyl (C=O) groups excluding carboxylic acids is 2. The Bertz CT molecular complexity index is 599. The highest BCUT2D eigenvalue weighted by atomic mass is 32.1. The van der Waals surface area contributed by atoms with E-state index in [-0.39, 0.29) is 11.8 Å². The molecular formula is C15H16N2O3S. The molecule has 0 unspecified atom stereocenters. The minimum atomic E-state index is -0.106. The van der Waals surface area contributed by atoms with E-state index in [1.54, 1.807) is 28.4 Å². The molecule has 2 amide bonds. The molecule has 3 heterocycles. The first kappa shape index (κ1) is 13.9. The van der Waals surface area contributed by atoms with Gasteiger partial charge in [-0.25, -0.2) is 0 Å². The number of hydrogen-bond donors (Lipinski definition) is 0. The van der Waals surface area contributed by atoms with Crippen LogP contribution in [0.4, 0.5) is 0 Å². The van der Waals surface area contributed by atoms with Crippen molar-refractivity contribution in [2.24, 2.45) is 0 Å². The van der Waals surface area contributed by atoms with Crippen LogP contribution in [0.3, 0.4) is 0 Å². The second-order valence-electron chi connectivity index (χ2n) is 4.91. The van der Waals surface area contributed by atoms with Crippen LogP contribution >= 0.6 is 11.3 Å². The van der Waals surface area contributed by atoms with Gasteiger partial charge < -0.3 is 14.2 Å². The summed E-state index contributed by atoms with van der Waals surface area (Å²) in [4.78, 5) is 28.9. The Morgan fingerprint density at radius 2 is 1.86 bits per heavy atom. The second-order valence-corrected chi connectivity index (χ2v) is 5.94. The Morgan fingerprint density at radius 3 is 2.48 bits per heavy atom. The van der Waals surface area contributed by atoms with E-state index in [0.717, 1.165) is 4.88 Å². The van der Waals surface area contributed by atoms with E-state index in [2.05, 4.69) is 0 Å². The van der Waals surface area contributed by atoms with Crippen LogP contribution in [0, 0.1) is 0 Å². The van der Waals surface area contributed by atoms with Gasteiger partial charge >= 0.3 is 0 Å². The third-order valence-corrected chi connectivity index (χ3v) is 4.43. The van der Waals surface area contributed by atoms with Gasteiger partial charge in [-0.2, -0.15) is 0 Å². The first-order valence-electron chi connectivity index (χ1n) is 6.87. The average molecular weight is 304 g/mol. The van der Waals surface area contributed by atoms with Gasteiger partial charge in [-0.1, -0.05) is 6.07 Å². The van der Waals surface area contributed by atoms with Crippen molar-refractivity contribution in [2.75, 3.05) is 26.2 Å². The lowest BCUT2D eigenvalue weighted by Gasteiger charge is -2.34. The zero-order chi connectivity index (χ0) is 14.7. The Morgan fingerprint density at radius 1 is 1.10 bits per heavy atom. The fourth-order valence-electron chi connectivity index (χ4n) is 2.39. The van der Waals surface area contributed by atoms with Gasteiger partial charge in [0.2, 0.25) is 5.91 Å². The molecule has 0 atom stereocenters. The highest BCUT2D eigenvalue weighted by Crippen LogP contribution is 2.13. The Balaban J connectivity index is 1.53. The Kier molecular flexibility index (Phi) is 4.06. The summed E-state index contributed by atoms with van der Waals surface area (Å²) in [6, 6.07) is 7.29. The molecule has 2 aromatic rings. The lowest BCUT2D eigenvalue weighted by Crippen LogP contribution is -2.50. The molecule has 1 aliphatic rings. The predicted octanol–water partition coefficient (Wildman–Crippen LogP) is 1.87. The van der Waals surface area contributed by atoms with Gasteiger partial charge in [-0.05, 0) is 23.6 Å². The summed E-state index contributed by atoms with van der Waals surface area (Å²) < 4.78 is 5.12. The molecule has 5 nitrogen and oxygen atoms in total. The van der Waals surface area contributed by atoms with E-state index in [0.29, 0.717) is 38.4 Å². The topological polar surface area (TPSA) is 53.8 Å². The molecule has 6 heteroatoms. The monoisotopic (exact) mass is 304 g/mol. The molecule has 0 aromatic carbocycles. The maximum atomic E-state index is 12.2. The first-order valence-corrected chi connectivity index (χ1v) is 7.75. The summed E-state index contributed by atoms with van der Waals surface area (Å²) >= 11 is 1.59. The van der Waals surface area contributed by atoms with Crippen LogP contribution < -0.4 is 0 Å². The molecular weight excluding hydrogens is 288 g/mol. The van der Waals surface area contributed by atoms with Gasteiger partial charge in [0.1, 0.15) is 0 Å². The fraction of sp³-hybridized carbons (Fsp3) is 0.333. The molecule has 0 saturated carbocycles. The summed E-state index contributed by atoms with van der Waals surface area (Å²) in [5, 5.41) is 1.97. The van der Waals surface area contributed by atoms with Crippen molar-refractivity contribution < 1.29 is 14.0 Å². The SMILES string of the molecule is O=C(Cc1cccs1)N1CCN(C(=O)c2ccco2)CC1. The molecule has 3 rings (SSSR count). The van der Waals surface area contributed by atoms with Crippen molar-refractivity contribution in [1.82, 2.24) is 9.80 Å². The van der Waals surface area contributed by atoms with E-state index in [1.807, 2.05) is 22.4 Å². The first-order chi connectivity index (χ1) is 10.2. The molecule has 1 aliphatic heterocycles. The average Bonchev–Trinajstić information content (AvgIpc) is 3.20. The van der Waals surface area contributed by atoms with Crippen LogP contribution in [0.1, 0.15) is 15.4 Å². The van der Waals surface area contributed by atoms with Crippen molar-refractivity contribution in [3.05, 3.63) is 46.5 Å². The minimum Gasteiger partial charge on any atom is -0.459 e. The molecule has 0 aliphatic carbocycles. The van der Waals surface area contributed by atoms with Gasteiger partial charge in [0.25, 0.3) is 5.91 Å². The zero-order valence-electron chi connectivity index (χ0n) is 11.5. The lowest BCUT2D eigenvalue weighted by atomic mass is 10.2. The third-order valence-electron chi connectivity index (χ3n) is 3.56. The van der Waals surface area contributed by atoms with Crippen LogP contribution in [-0.2, 0) is 11.2 Å². The molecule has 21 heavy (non-hydrogen) atoms. The third kappa shape index (κ3) is 3.16. The molecule has 2 aromatic heterocycles. The van der Waals surface area contributed by atoms with Gasteiger partial charge in [0.05, 0.1) is 12.7 Å². The maximum Gasteiger partial charge on any atom is 0.289 e. The zero-order valence-corrected chi connectivity index (χ0v) is 12.3. The molecule has 0 N–H and O–H groups in total. The standard InChI is InChI=1S/C15H16N2O3S/c18-14(11-12-3-2-10-21-12)16-5-7-17(8-6-16)15(19)13-4-1-9-20-13/h1-4,9-10H,5-8,11H2. The molecule has 110 valence electrons. The van der Waals surface area contributed by atoms with E-state index >= 15 is 0 Å². The smallest absolute Gasteiger partial charge is 0.289 e. The quantitative estimate of drug-likeness (QED) is 0.870. The van der Waals surface area contributed by atoms with Gasteiger partial charge in [-0.15, -0.1) is 11.3 Å².